The molecule has 0 unspecified atom stereocenters. The minimum absolute atomic E-state index is 0.0354. The van der Waals surface area contributed by atoms with Crippen molar-refractivity contribution in [3.63, 3.8) is 0 Å². The highest BCUT2D eigenvalue weighted by Crippen LogP contribution is 2.34. The average Bonchev–Trinajstić information content (AvgIpc) is 2.77. The molecular weight excluding hydrogens is 372 g/mol. The van der Waals surface area contributed by atoms with Gasteiger partial charge in [-0.1, -0.05) is 18.2 Å². The Bertz CT molecular complexity index is 837. The second kappa shape index (κ2) is 8.65. The summed E-state index contributed by atoms with van der Waals surface area (Å²) in [4.78, 5) is 36.7. The van der Waals surface area contributed by atoms with Gasteiger partial charge in [-0.2, -0.15) is 0 Å². The number of hydrogen-bond donors (Lipinski definition) is 0. The number of benzene rings is 1. The molecule has 2 amide bonds. The summed E-state index contributed by atoms with van der Waals surface area (Å²) in [5, 5.41) is 0. The van der Waals surface area contributed by atoms with Gasteiger partial charge in [0.15, 0.2) is 0 Å². The molecule has 1 saturated heterocycles. The number of hydrogen-bond acceptors (Lipinski definition) is 5. The smallest absolute Gasteiger partial charge is 0.227 e. The molecule has 1 aromatic carbocycles. The molecule has 0 saturated carbocycles. The van der Waals surface area contributed by atoms with Crippen molar-refractivity contribution in [2.24, 2.45) is 0 Å². The van der Waals surface area contributed by atoms with Crippen molar-refractivity contribution in [3.05, 3.63) is 48.7 Å². The van der Waals surface area contributed by atoms with Gasteiger partial charge in [-0.15, -0.1) is 11.8 Å². The van der Waals surface area contributed by atoms with Crippen LogP contribution in [0.5, 0.6) is 0 Å². The van der Waals surface area contributed by atoms with Gasteiger partial charge in [0, 0.05) is 62.4 Å². The van der Waals surface area contributed by atoms with Gasteiger partial charge in [-0.05, 0) is 24.3 Å². The van der Waals surface area contributed by atoms with Gasteiger partial charge in [0.25, 0.3) is 0 Å². The van der Waals surface area contributed by atoms with Gasteiger partial charge < -0.3 is 14.7 Å². The monoisotopic (exact) mass is 396 g/mol. The molecule has 0 atom stereocenters. The van der Waals surface area contributed by atoms with Crippen molar-refractivity contribution in [3.8, 4) is 0 Å². The van der Waals surface area contributed by atoms with Crippen molar-refractivity contribution in [1.29, 1.82) is 0 Å². The second-order valence-electron chi connectivity index (χ2n) is 6.92. The molecule has 0 radical (unpaired) electrons. The lowest BCUT2D eigenvalue weighted by atomic mass is 10.2. The summed E-state index contributed by atoms with van der Waals surface area (Å²) in [5.74, 6) is 1.94. The van der Waals surface area contributed by atoms with E-state index < -0.39 is 0 Å². The van der Waals surface area contributed by atoms with Gasteiger partial charge >= 0.3 is 0 Å². The minimum Gasteiger partial charge on any atom is -0.353 e. The van der Waals surface area contributed by atoms with Crippen LogP contribution in [0.4, 0.5) is 11.5 Å². The zero-order valence-corrected chi connectivity index (χ0v) is 16.6. The third-order valence-corrected chi connectivity index (χ3v) is 6.23. The van der Waals surface area contributed by atoms with Crippen LogP contribution >= 0.6 is 11.8 Å². The number of rotatable bonds is 4. The second-order valence-corrected chi connectivity index (χ2v) is 8.05. The van der Waals surface area contributed by atoms with Crippen LogP contribution in [0, 0.1) is 0 Å². The molecule has 2 aliphatic rings. The van der Waals surface area contributed by atoms with Crippen molar-refractivity contribution in [2.45, 2.75) is 17.7 Å². The Hall–Kier alpha value is -2.54. The molecule has 3 heterocycles. The fraction of sp³-hybridized carbons (Fsp3) is 0.381. The first-order chi connectivity index (χ1) is 13.7. The SMILES string of the molecule is O=C(CCC(=O)N1CCSc2ccccc21)N1CCN(c2ccccn2)CC1. The van der Waals surface area contributed by atoms with E-state index in [0.717, 1.165) is 35.2 Å². The summed E-state index contributed by atoms with van der Waals surface area (Å²) in [7, 11) is 0. The molecule has 1 fully saturated rings. The van der Waals surface area contributed by atoms with Gasteiger partial charge in [0.2, 0.25) is 11.8 Å². The lowest BCUT2D eigenvalue weighted by molar-refractivity contribution is -0.133. The van der Waals surface area contributed by atoms with Crippen molar-refractivity contribution < 1.29 is 9.59 Å². The third kappa shape index (κ3) is 4.14. The Kier molecular flexibility index (Phi) is 5.81. The molecule has 0 spiro atoms. The summed E-state index contributed by atoms with van der Waals surface area (Å²) < 4.78 is 0. The molecule has 2 aromatic rings. The minimum atomic E-state index is 0.0354. The molecular formula is C21H24N4O2S. The van der Waals surface area contributed by atoms with E-state index >= 15 is 0 Å². The summed E-state index contributed by atoms with van der Waals surface area (Å²) >= 11 is 1.78. The highest BCUT2D eigenvalue weighted by Gasteiger charge is 2.25. The van der Waals surface area contributed by atoms with E-state index in [0.29, 0.717) is 19.6 Å². The molecule has 0 N–H and O–H groups in total. The van der Waals surface area contributed by atoms with Crippen LogP contribution in [0.25, 0.3) is 0 Å². The predicted octanol–water partition coefficient (Wildman–Crippen LogP) is 2.65. The molecule has 28 heavy (non-hydrogen) atoms. The van der Waals surface area contributed by atoms with Crippen LogP contribution in [-0.4, -0.2) is 60.2 Å². The first-order valence-electron chi connectivity index (χ1n) is 9.68. The van der Waals surface area contributed by atoms with E-state index in [2.05, 4.69) is 9.88 Å². The van der Waals surface area contributed by atoms with Crippen LogP contribution < -0.4 is 9.80 Å². The van der Waals surface area contributed by atoms with Gasteiger partial charge in [0.05, 0.1) is 5.69 Å². The topological polar surface area (TPSA) is 56.8 Å². The number of carbonyl (C=O) groups excluding carboxylic acids is 2. The number of para-hydroxylation sites is 1. The summed E-state index contributed by atoms with van der Waals surface area (Å²) in [5.41, 5.74) is 0.972. The van der Waals surface area contributed by atoms with Crippen LogP contribution in [0.2, 0.25) is 0 Å². The van der Waals surface area contributed by atoms with Crippen LogP contribution in [0.3, 0.4) is 0 Å². The quantitative estimate of drug-likeness (QED) is 0.795. The Morgan fingerprint density at radius 1 is 0.893 bits per heavy atom. The zero-order valence-electron chi connectivity index (χ0n) is 15.8. The maximum Gasteiger partial charge on any atom is 0.227 e. The first-order valence-corrected chi connectivity index (χ1v) is 10.7. The Balaban J connectivity index is 1.28. The van der Waals surface area contributed by atoms with E-state index in [1.54, 1.807) is 18.0 Å². The lowest BCUT2D eigenvalue weighted by Crippen LogP contribution is -2.49. The molecule has 0 bridgehead atoms. The maximum absolute atomic E-state index is 12.7. The molecule has 4 rings (SSSR count). The molecule has 6 nitrogen and oxygen atoms in total. The maximum atomic E-state index is 12.7. The number of amides is 2. The summed E-state index contributed by atoms with van der Waals surface area (Å²) in [6, 6.07) is 13.8. The Labute approximate surface area is 169 Å². The van der Waals surface area contributed by atoms with Crippen molar-refractivity contribution >= 4 is 35.1 Å². The zero-order chi connectivity index (χ0) is 19.3. The number of fused-ring (bicyclic) bond motifs is 1. The third-order valence-electron chi connectivity index (χ3n) is 5.19. The standard InChI is InChI=1S/C21H24N4O2S/c26-20(24-13-11-23(12-14-24)19-7-3-4-10-22-19)8-9-21(27)25-15-16-28-18-6-2-1-5-17(18)25/h1-7,10H,8-9,11-16H2. The van der Waals surface area contributed by atoms with Gasteiger partial charge in [-0.3, -0.25) is 9.59 Å². The number of piperazine rings is 1. The van der Waals surface area contributed by atoms with E-state index in [1.807, 2.05) is 52.3 Å². The van der Waals surface area contributed by atoms with E-state index in [1.165, 1.54) is 0 Å². The molecule has 0 aliphatic carbocycles. The number of carbonyl (C=O) groups is 2. The first kappa shape index (κ1) is 18.8. The van der Waals surface area contributed by atoms with Crippen molar-refractivity contribution in [2.75, 3.05) is 48.3 Å². The fourth-order valence-corrected chi connectivity index (χ4v) is 4.66. The van der Waals surface area contributed by atoms with Gasteiger partial charge in [-0.25, -0.2) is 4.98 Å². The predicted molar refractivity (Wildman–Crippen MR) is 112 cm³/mol. The highest BCUT2D eigenvalue weighted by atomic mass is 32.2. The van der Waals surface area contributed by atoms with Crippen LogP contribution in [-0.2, 0) is 9.59 Å². The van der Waals surface area contributed by atoms with E-state index in [4.69, 9.17) is 0 Å². The average molecular weight is 397 g/mol. The number of thioether (sulfide) groups is 1. The lowest BCUT2D eigenvalue weighted by Gasteiger charge is -2.35. The number of pyridine rings is 1. The Morgan fingerprint density at radius 3 is 2.43 bits per heavy atom. The summed E-state index contributed by atoms with van der Waals surface area (Å²) in [6.45, 7) is 3.60. The Morgan fingerprint density at radius 2 is 1.64 bits per heavy atom. The molecule has 2 aliphatic heterocycles. The highest BCUT2D eigenvalue weighted by molar-refractivity contribution is 7.99. The normalized spacial score (nSPS) is 16.6. The molecule has 146 valence electrons. The largest absolute Gasteiger partial charge is 0.353 e. The number of nitrogens with zero attached hydrogens (tertiary/aromatic N) is 4. The summed E-state index contributed by atoms with van der Waals surface area (Å²) in [6.07, 6.45) is 2.32. The molecule has 1 aromatic heterocycles. The van der Waals surface area contributed by atoms with E-state index in [-0.39, 0.29) is 24.7 Å². The van der Waals surface area contributed by atoms with Gasteiger partial charge in [0.1, 0.15) is 5.82 Å². The van der Waals surface area contributed by atoms with E-state index in [9.17, 15) is 9.59 Å². The van der Waals surface area contributed by atoms with Crippen LogP contribution in [0.15, 0.2) is 53.6 Å². The number of aromatic nitrogens is 1. The van der Waals surface area contributed by atoms with Crippen molar-refractivity contribution in [1.82, 2.24) is 9.88 Å². The number of anilines is 2. The fourth-order valence-electron chi connectivity index (χ4n) is 3.66. The molecule has 7 heteroatoms. The van der Waals surface area contributed by atoms with Crippen LogP contribution in [0.1, 0.15) is 12.8 Å².